The van der Waals surface area contributed by atoms with E-state index < -0.39 is 0 Å². The molecule has 0 saturated carbocycles. The fourth-order valence-electron chi connectivity index (χ4n) is 8.09. The van der Waals surface area contributed by atoms with Gasteiger partial charge in [-0.1, -0.05) is 177 Å². The number of rotatable bonds is 4. The molecule has 0 radical (unpaired) electrons. The van der Waals surface area contributed by atoms with Crippen LogP contribution in [-0.4, -0.2) is 4.98 Å². The monoisotopic (exact) mass is 641 g/mol. The van der Waals surface area contributed by atoms with Gasteiger partial charge in [-0.05, 0) is 50.4 Å². The van der Waals surface area contributed by atoms with Gasteiger partial charge < -0.3 is 9.73 Å². The van der Waals surface area contributed by atoms with Crippen LogP contribution in [-0.2, 0) is 5.41 Å². The molecule has 1 unspecified atom stereocenters. The fourth-order valence-corrected chi connectivity index (χ4v) is 8.09. The lowest BCUT2D eigenvalue weighted by Crippen LogP contribution is -2.15. The van der Waals surface area contributed by atoms with Gasteiger partial charge in [0.15, 0.2) is 0 Å². The Balaban J connectivity index is 1.07. The Morgan fingerprint density at radius 3 is 2.10 bits per heavy atom. The van der Waals surface area contributed by atoms with Crippen molar-refractivity contribution in [1.82, 2.24) is 4.98 Å². The number of hydrogen-bond acceptors (Lipinski definition) is 2. The molecule has 10 rings (SSSR count). The van der Waals surface area contributed by atoms with Gasteiger partial charge in [0.1, 0.15) is 5.58 Å². The molecule has 238 valence electrons. The van der Waals surface area contributed by atoms with Crippen LogP contribution >= 0.6 is 0 Å². The molecule has 3 heterocycles. The first-order chi connectivity index (χ1) is 24.5. The zero-order valence-electron chi connectivity index (χ0n) is 27.9. The van der Waals surface area contributed by atoms with E-state index >= 15 is 0 Å². The molecule has 50 heavy (non-hydrogen) atoms. The first kappa shape index (κ1) is 28.8. The van der Waals surface area contributed by atoms with Crippen LogP contribution in [0.15, 0.2) is 162 Å². The molecule has 1 aliphatic carbocycles. The van der Waals surface area contributed by atoms with Crippen molar-refractivity contribution in [1.29, 1.82) is 0 Å². The molecule has 2 aromatic heterocycles. The van der Waals surface area contributed by atoms with E-state index in [9.17, 15) is 0 Å². The van der Waals surface area contributed by atoms with Crippen LogP contribution in [0.5, 0.6) is 0 Å². The molecule has 6 aromatic carbocycles. The van der Waals surface area contributed by atoms with E-state index in [1.807, 2.05) is 12.1 Å². The third kappa shape index (κ3) is 4.40. The van der Waals surface area contributed by atoms with Gasteiger partial charge in [0, 0.05) is 21.8 Å². The summed E-state index contributed by atoms with van der Waals surface area (Å²) in [6.07, 6.45) is 4.54. The van der Waals surface area contributed by atoms with Crippen LogP contribution in [0.1, 0.15) is 47.7 Å². The topological polar surface area (TPSA) is 40.1 Å². The molecule has 0 saturated heterocycles. The Morgan fingerprint density at radius 2 is 1.26 bits per heavy atom. The number of aromatic nitrogens is 1. The van der Waals surface area contributed by atoms with Gasteiger partial charge in [0.05, 0.1) is 11.1 Å². The molecule has 0 fully saturated rings. The summed E-state index contributed by atoms with van der Waals surface area (Å²) < 4.78 is 6.27. The minimum atomic E-state index is -0.0922. The SMILES string of the molecule is CC1(C)c2ccccc2-c2ccc(C3=CC(c4ccc(-c5nc6oc7ccccc7c6c6ccccc56)cc4)=CC(c4ccccc4)[N-]3)cc21. The predicted molar refractivity (Wildman–Crippen MR) is 207 cm³/mol. The van der Waals surface area contributed by atoms with Crippen molar-refractivity contribution >= 4 is 44.1 Å². The predicted octanol–water partition coefficient (Wildman–Crippen LogP) is 12.7. The summed E-state index contributed by atoms with van der Waals surface area (Å²) in [5.41, 5.74) is 14.4. The molecular weight excluding hydrogens is 609 g/mol. The van der Waals surface area contributed by atoms with Crippen LogP contribution in [0.25, 0.3) is 71.8 Å². The largest absolute Gasteiger partial charge is 0.674 e. The normalized spacial score (nSPS) is 16.2. The average Bonchev–Trinajstić information content (AvgIpc) is 3.66. The molecule has 0 amide bonds. The Morgan fingerprint density at radius 1 is 0.600 bits per heavy atom. The van der Waals surface area contributed by atoms with Crippen LogP contribution in [0.3, 0.4) is 0 Å². The third-order valence-electron chi connectivity index (χ3n) is 10.7. The number of fused-ring (bicyclic) bond motifs is 8. The van der Waals surface area contributed by atoms with Crippen molar-refractivity contribution in [2.45, 2.75) is 25.3 Å². The van der Waals surface area contributed by atoms with Crippen LogP contribution < -0.4 is 0 Å². The Kier molecular flexibility index (Phi) is 6.28. The first-order valence-corrected chi connectivity index (χ1v) is 17.3. The highest BCUT2D eigenvalue weighted by molar-refractivity contribution is 6.20. The van der Waals surface area contributed by atoms with Crippen molar-refractivity contribution < 1.29 is 4.42 Å². The summed E-state index contributed by atoms with van der Waals surface area (Å²) in [5, 5.41) is 9.75. The number of furan rings is 1. The van der Waals surface area contributed by atoms with E-state index in [4.69, 9.17) is 14.7 Å². The van der Waals surface area contributed by atoms with Gasteiger partial charge in [0.25, 0.3) is 0 Å². The summed E-state index contributed by atoms with van der Waals surface area (Å²) in [6.45, 7) is 4.66. The summed E-state index contributed by atoms with van der Waals surface area (Å²) in [4.78, 5) is 5.10. The molecule has 1 atom stereocenters. The Labute approximate surface area is 291 Å². The Hall–Kier alpha value is -6.19. The molecule has 3 heteroatoms. The van der Waals surface area contributed by atoms with E-state index in [0.717, 1.165) is 60.8 Å². The summed E-state index contributed by atoms with van der Waals surface area (Å²) >= 11 is 0. The standard InChI is InChI=1S/C47H33N2O/c1-47(2)39-18-10-8-14-34(39)35-25-24-32(26-40(35)47)42-28-33(27-41(48-42)30-12-4-3-5-13-30)29-20-22-31(23-21-29)45-37-16-7-6-15-36(37)44-38-17-9-11-19-43(38)50-46(44)49-45/h3-28,41H,1-2H3/q-1. The second kappa shape index (κ2) is 10.9. The maximum absolute atomic E-state index is 6.27. The summed E-state index contributed by atoms with van der Waals surface area (Å²) in [6, 6.07) is 51.7. The lowest BCUT2D eigenvalue weighted by Gasteiger charge is -2.39. The summed E-state index contributed by atoms with van der Waals surface area (Å²) in [5.74, 6) is 0. The van der Waals surface area contributed by atoms with E-state index in [1.54, 1.807) is 0 Å². The van der Waals surface area contributed by atoms with Crippen molar-refractivity contribution in [2.24, 2.45) is 0 Å². The van der Waals surface area contributed by atoms with Gasteiger partial charge in [-0.3, -0.25) is 0 Å². The zero-order valence-corrected chi connectivity index (χ0v) is 27.9. The molecule has 0 bridgehead atoms. The van der Waals surface area contributed by atoms with E-state index in [1.165, 1.54) is 27.8 Å². The van der Waals surface area contributed by atoms with Crippen molar-refractivity contribution in [3.63, 3.8) is 0 Å². The number of pyridine rings is 1. The van der Waals surface area contributed by atoms with E-state index in [0.29, 0.717) is 5.71 Å². The van der Waals surface area contributed by atoms with Gasteiger partial charge in [-0.15, -0.1) is 5.70 Å². The van der Waals surface area contributed by atoms with Crippen molar-refractivity contribution in [2.75, 3.05) is 0 Å². The smallest absolute Gasteiger partial charge is 0.228 e. The van der Waals surface area contributed by atoms with Gasteiger partial charge in [0.2, 0.25) is 5.71 Å². The van der Waals surface area contributed by atoms with Gasteiger partial charge >= 0.3 is 0 Å². The summed E-state index contributed by atoms with van der Waals surface area (Å²) in [7, 11) is 0. The van der Waals surface area contributed by atoms with Crippen LogP contribution in [0.4, 0.5) is 0 Å². The zero-order chi connectivity index (χ0) is 33.4. The minimum Gasteiger partial charge on any atom is -0.674 e. The highest BCUT2D eigenvalue weighted by Gasteiger charge is 2.35. The van der Waals surface area contributed by atoms with Crippen LogP contribution in [0, 0.1) is 0 Å². The Bertz CT molecular complexity index is 2690. The molecule has 3 nitrogen and oxygen atoms in total. The average molecular weight is 642 g/mol. The molecular formula is C47H33N2O-. The molecule has 0 spiro atoms. The lowest BCUT2D eigenvalue weighted by molar-refractivity contribution is 0.655. The number of nitrogens with zero attached hydrogens (tertiary/aromatic N) is 2. The second-order valence-electron chi connectivity index (χ2n) is 13.9. The number of hydrogen-bond donors (Lipinski definition) is 0. The molecule has 2 aliphatic rings. The first-order valence-electron chi connectivity index (χ1n) is 17.3. The molecule has 0 N–H and O–H groups in total. The van der Waals surface area contributed by atoms with Crippen molar-refractivity contribution in [3.8, 4) is 22.4 Å². The minimum absolute atomic E-state index is 0.0753. The second-order valence-corrected chi connectivity index (χ2v) is 13.9. The quantitative estimate of drug-likeness (QED) is 0.192. The van der Waals surface area contributed by atoms with Crippen molar-refractivity contribution in [3.05, 3.63) is 191 Å². The van der Waals surface area contributed by atoms with Gasteiger partial charge in [-0.2, -0.15) is 0 Å². The molecule has 8 aromatic rings. The maximum Gasteiger partial charge on any atom is 0.228 e. The third-order valence-corrected chi connectivity index (χ3v) is 10.7. The van der Waals surface area contributed by atoms with E-state index in [-0.39, 0.29) is 11.5 Å². The van der Waals surface area contributed by atoms with Gasteiger partial charge in [-0.25, -0.2) is 4.98 Å². The fraction of sp³-hybridized carbons (Fsp3) is 0.0851. The van der Waals surface area contributed by atoms with E-state index in [2.05, 4.69) is 159 Å². The highest BCUT2D eigenvalue weighted by Crippen LogP contribution is 2.50. The number of para-hydroxylation sites is 1. The maximum atomic E-state index is 6.27. The lowest BCUT2D eigenvalue weighted by atomic mass is 9.81. The number of allylic oxidation sites excluding steroid dienone is 2. The highest BCUT2D eigenvalue weighted by atomic mass is 16.3. The van der Waals surface area contributed by atoms with Crippen LogP contribution in [0.2, 0.25) is 0 Å². The number of benzene rings is 6. The molecule has 1 aliphatic heterocycles.